The van der Waals surface area contributed by atoms with Crippen LogP contribution in [0.2, 0.25) is 0 Å². The number of hydrogen-bond acceptors (Lipinski definition) is 6. The zero-order chi connectivity index (χ0) is 28.8. The molecule has 42 heavy (non-hydrogen) atoms. The van der Waals surface area contributed by atoms with Crippen molar-refractivity contribution >= 4 is 0 Å². The predicted octanol–water partition coefficient (Wildman–Crippen LogP) is 6.23. The van der Waals surface area contributed by atoms with E-state index in [0.29, 0.717) is 32.2 Å². The Kier molecular flexibility index (Phi) is 11.3. The lowest BCUT2D eigenvalue weighted by Gasteiger charge is -2.43. The summed E-state index contributed by atoms with van der Waals surface area (Å²) >= 11 is 0. The van der Waals surface area contributed by atoms with Gasteiger partial charge in [-0.2, -0.15) is 0 Å². The molecule has 1 heterocycles. The van der Waals surface area contributed by atoms with Crippen molar-refractivity contribution in [1.29, 1.82) is 0 Å². The minimum Gasteiger partial charge on any atom is -0.487 e. The Balaban J connectivity index is 1.41. The van der Waals surface area contributed by atoms with Crippen LogP contribution in [-0.4, -0.2) is 42.7 Å². The van der Waals surface area contributed by atoms with Crippen LogP contribution in [0.25, 0.3) is 0 Å². The highest BCUT2D eigenvalue weighted by molar-refractivity contribution is 5.18. The molecule has 218 valence electrons. The summed E-state index contributed by atoms with van der Waals surface area (Å²) in [6.07, 6.45) is -0.498. The Hall–Kier alpha value is -3.78. The Morgan fingerprint density at radius 1 is 0.548 bits per heavy atom. The number of rotatable bonds is 14. The Bertz CT molecular complexity index is 1330. The summed E-state index contributed by atoms with van der Waals surface area (Å²) in [5.74, 6) is 0.513. The van der Waals surface area contributed by atoms with Crippen molar-refractivity contribution in [2.75, 3.05) is 13.2 Å². The van der Waals surface area contributed by atoms with Crippen molar-refractivity contribution in [2.45, 2.75) is 50.8 Å². The fraction of sp³-hybridized carbons (Fsp3) is 0.278. The molecule has 1 fully saturated rings. The Morgan fingerprint density at radius 3 is 1.45 bits per heavy atom. The number of hydrogen-bond donors (Lipinski definition) is 1. The molecule has 0 amide bonds. The van der Waals surface area contributed by atoms with Gasteiger partial charge < -0.3 is 28.8 Å². The first-order valence-corrected chi connectivity index (χ1v) is 14.4. The third kappa shape index (κ3) is 8.61. The van der Waals surface area contributed by atoms with Gasteiger partial charge in [0.1, 0.15) is 24.1 Å². The summed E-state index contributed by atoms with van der Waals surface area (Å²) < 4.78 is 32.4. The van der Waals surface area contributed by atoms with Crippen LogP contribution in [0.4, 0.5) is 0 Å². The van der Waals surface area contributed by atoms with Gasteiger partial charge in [-0.15, -0.1) is 0 Å². The molecule has 0 unspecified atom stereocenters. The van der Waals surface area contributed by atoms with E-state index in [9.17, 15) is 5.11 Å². The monoisotopic (exact) mass is 566 g/mol. The molecule has 5 rings (SSSR count). The second-order valence-electron chi connectivity index (χ2n) is 10.2. The molecule has 1 aliphatic heterocycles. The molecular formula is C36H38O6. The average Bonchev–Trinajstić information content (AvgIpc) is 3.05. The lowest BCUT2D eigenvalue weighted by molar-refractivity contribution is -0.223. The predicted molar refractivity (Wildman–Crippen MR) is 161 cm³/mol. The summed E-state index contributed by atoms with van der Waals surface area (Å²) in [4.78, 5) is 0. The van der Waals surface area contributed by atoms with Gasteiger partial charge in [0.05, 0.1) is 39.6 Å². The molecule has 4 atom stereocenters. The van der Waals surface area contributed by atoms with E-state index in [-0.39, 0.29) is 13.2 Å². The van der Waals surface area contributed by atoms with Crippen molar-refractivity contribution in [3.8, 4) is 0 Å². The quantitative estimate of drug-likeness (QED) is 0.195. The van der Waals surface area contributed by atoms with E-state index in [1.54, 1.807) is 6.08 Å². The van der Waals surface area contributed by atoms with Gasteiger partial charge in [0.15, 0.2) is 6.10 Å². The van der Waals surface area contributed by atoms with Crippen molar-refractivity contribution in [1.82, 2.24) is 0 Å². The van der Waals surface area contributed by atoms with E-state index in [4.69, 9.17) is 23.7 Å². The Morgan fingerprint density at radius 2 is 0.976 bits per heavy atom. The average molecular weight is 567 g/mol. The van der Waals surface area contributed by atoms with Gasteiger partial charge in [0.2, 0.25) is 0 Å². The zero-order valence-electron chi connectivity index (χ0n) is 23.7. The second kappa shape index (κ2) is 16.0. The second-order valence-corrected chi connectivity index (χ2v) is 10.2. The normalized spacial score (nSPS) is 21.2. The van der Waals surface area contributed by atoms with E-state index in [1.807, 2.05) is 121 Å². The summed E-state index contributed by atoms with van der Waals surface area (Å²) in [5.41, 5.74) is 4.18. The Labute approximate surface area is 248 Å². The van der Waals surface area contributed by atoms with Crippen molar-refractivity contribution in [3.05, 3.63) is 155 Å². The fourth-order valence-electron chi connectivity index (χ4n) is 4.96. The number of aliphatic hydroxyl groups is 1. The molecule has 0 spiro atoms. The molecule has 4 aromatic rings. The maximum Gasteiger partial charge on any atom is 0.150 e. The maximum atomic E-state index is 9.93. The van der Waals surface area contributed by atoms with Crippen LogP contribution in [0.5, 0.6) is 0 Å². The van der Waals surface area contributed by atoms with Gasteiger partial charge in [-0.25, -0.2) is 0 Å². The van der Waals surface area contributed by atoms with Gasteiger partial charge >= 0.3 is 0 Å². The molecule has 6 nitrogen and oxygen atoms in total. The van der Waals surface area contributed by atoms with Crippen molar-refractivity contribution in [2.24, 2.45) is 0 Å². The first-order chi connectivity index (χ1) is 20.8. The van der Waals surface area contributed by atoms with Gasteiger partial charge in [-0.3, -0.25) is 0 Å². The van der Waals surface area contributed by atoms with Crippen LogP contribution in [0, 0.1) is 0 Å². The maximum absolute atomic E-state index is 9.93. The number of benzene rings is 4. The molecule has 6 heteroatoms. The molecule has 1 N–H and O–H groups in total. The summed E-state index contributed by atoms with van der Waals surface area (Å²) in [6, 6.07) is 40.1. The highest BCUT2D eigenvalue weighted by atomic mass is 16.6. The number of aliphatic hydroxyl groups excluding tert-OH is 1. The minimum atomic E-state index is -0.604. The molecule has 0 saturated carbocycles. The summed E-state index contributed by atoms with van der Waals surface area (Å²) in [5, 5.41) is 9.93. The highest BCUT2D eigenvalue weighted by Gasteiger charge is 2.46. The van der Waals surface area contributed by atoms with Gasteiger partial charge in [0.25, 0.3) is 0 Å². The topological polar surface area (TPSA) is 66.4 Å². The van der Waals surface area contributed by atoms with Gasteiger partial charge in [-0.05, 0) is 28.3 Å². The fourth-order valence-corrected chi connectivity index (χ4v) is 4.96. The molecule has 4 aromatic carbocycles. The van der Waals surface area contributed by atoms with Crippen LogP contribution >= 0.6 is 0 Å². The number of ether oxygens (including phenoxy) is 5. The first-order valence-electron chi connectivity index (χ1n) is 14.4. The van der Waals surface area contributed by atoms with E-state index in [2.05, 4.69) is 0 Å². The third-order valence-corrected chi connectivity index (χ3v) is 7.09. The highest BCUT2D eigenvalue weighted by Crippen LogP contribution is 2.33. The van der Waals surface area contributed by atoms with E-state index in [1.165, 1.54) is 0 Å². The largest absolute Gasteiger partial charge is 0.487 e. The van der Waals surface area contributed by atoms with E-state index in [0.717, 1.165) is 22.3 Å². The van der Waals surface area contributed by atoms with Crippen molar-refractivity contribution < 1.29 is 28.8 Å². The summed E-state index contributed by atoms with van der Waals surface area (Å²) in [7, 11) is 0. The van der Waals surface area contributed by atoms with Gasteiger partial charge in [0, 0.05) is 0 Å². The van der Waals surface area contributed by atoms with Crippen LogP contribution in [0.1, 0.15) is 22.3 Å². The molecule has 0 bridgehead atoms. The lowest BCUT2D eigenvalue weighted by atomic mass is 9.96. The smallest absolute Gasteiger partial charge is 0.150 e. The van der Waals surface area contributed by atoms with Crippen LogP contribution in [0.3, 0.4) is 0 Å². The molecule has 0 aromatic heterocycles. The SMILES string of the molecule is OC/C=C1\O[C@H](COCc2ccccc2)[C@H](OCc2ccccc2)[C@H](OCc2ccccc2)[C@H]1OCc1ccccc1. The zero-order valence-corrected chi connectivity index (χ0v) is 23.7. The van der Waals surface area contributed by atoms with Crippen LogP contribution < -0.4 is 0 Å². The molecule has 1 aliphatic rings. The lowest BCUT2D eigenvalue weighted by Crippen LogP contribution is -2.56. The van der Waals surface area contributed by atoms with E-state index >= 15 is 0 Å². The molecule has 0 radical (unpaired) electrons. The van der Waals surface area contributed by atoms with Gasteiger partial charge in [-0.1, -0.05) is 121 Å². The summed E-state index contributed by atoms with van der Waals surface area (Å²) in [6.45, 7) is 1.61. The van der Waals surface area contributed by atoms with Crippen LogP contribution in [-0.2, 0) is 50.1 Å². The molecule has 0 aliphatic carbocycles. The molecular weight excluding hydrogens is 528 g/mol. The molecule has 1 saturated heterocycles. The first kappa shape index (κ1) is 29.7. The van der Waals surface area contributed by atoms with E-state index < -0.39 is 24.4 Å². The van der Waals surface area contributed by atoms with Crippen LogP contribution in [0.15, 0.2) is 133 Å². The third-order valence-electron chi connectivity index (χ3n) is 7.09. The van der Waals surface area contributed by atoms with Crippen molar-refractivity contribution in [3.63, 3.8) is 0 Å². The minimum absolute atomic E-state index is 0.195. The standard InChI is InChI=1S/C36H38O6/c37-22-21-32-34(39-24-29-15-7-2-8-16-29)36(41-26-31-19-11-4-12-20-31)35(40-25-30-17-9-3-10-18-30)33(42-32)27-38-23-28-13-5-1-6-14-28/h1-21,33-37H,22-27H2/b32-21-/t33-,34+,35+,36-/m1/s1.